The van der Waals surface area contributed by atoms with Crippen molar-refractivity contribution in [3.63, 3.8) is 0 Å². The van der Waals surface area contributed by atoms with E-state index in [1.807, 2.05) is 0 Å². The molecule has 2 aliphatic rings. The average molecular weight is 1830 g/mol. The van der Waals surface area contributed by atoms with E-state index in [9.17, 15) is 0 Å². The molecule has 2 heteroatoms. The van der Waals surface area contributed by atoms with Crippen LogP contribution in [0.5, 0.6) is 0 Å². The van der Waals surface area contributed by atoms with Gasteiger partial charge < -0.3 is 9.80 Å². The van der Waals surface area contributed by atoms with Gasteiger partial charge >= 0.3 is 0 Å². The summed E-state index contributed by atoms with van der Waals surface area (Å²) in [6, 6.07) is 219. The van der Waals surface area contributed by atoms with Gasteiger partial charge in [0.2, 0.25) is 0 Å². The van der Waals surface area contributed by atoms with Crippen molar-refractivity contribution in [2.45, 2.75) is 10.8 Å². The molecule has 144 heavy (non-hydrogen) atoms. The highest BCUT2D eigenvalue weighted by Crippen LogP contribution is 2.62. The Morgan fingerprint density at radius 2 is 0.347 bits per heavy atom. The van der Waals surface area contributed by atoms with E-state index >= 15 is 0 Å². The van der Waals surface area contributed by atoms with Gasteiger partial charge in [0.1, 0.15) is 0 Å². The number of hydrogen-bond acceptors (Lipinski definition) is 2. The highest BCUT2D eigenvalue weighted by Gasteiger charge is 2.49. The summed E-state index contributed by atoms with van der Waals surface area (Å²) in [6.07, 6.45) is 0. The summed E-state index contributed by atoms with van der Waals surface area (Å²) in [5, 5.41) is 4.86. The Labute approximate surface area is 842 Å². The lowest BCUT2D eigenvalue weighted by atomic mass is 9.67. The van der Waals surface area contributed by atoms with Gasteiger partial charge in [0.05, 0.1) is 22.2 Å². The molecule has 0 spiro atoms. The molecule has 2 nitrogen and oxygen atoms in total. The van der Waals surface area contributed by atoms with Crippen LogP contribution >= 0.6 is 0 Å². The van der Waals surface area contributed by atoms with Gasteiger partial charge in [-0.2, -0.15) is 0 Å². The van der Waals surface area contributed by atoms with Crippen LogP contribution in [0.1, 0.15) is 44.5 Å². The van der Waals surface area contributed by atoms with Crippen LogP contribution in [0.15, 0.2) is 595 Å². The molecule has 24 aromatic carbocycles. The predicted molar refractivity (Wildman–Crippen MR) is 606 cm³/mol. The van der Waals surface area contributed by atoms with Crippen molar-refractivity contribution in [1.82, 2.24) is 0 Å². The maximum absolute atomic E-state index is 2.53. The molecule has 0 bridgehead atoms. The summed E-state index contributed by atoms with van der Waals surface area (Å²) in [5.74, 6) is 0. The van der Waals surface area contributed by atoms with Gasteiger partial charge in [0, 0.05) is 33.9 Å². The minimum atomic E-state index is -0.586. The van der Waals surface area contributed by atoms with Crippen LogP contribution in [0.25, 0.3) is 155 Å². The van der Waals surface area contributed by atoms with Crippen molar-refractivity contribution in [3.05, 3.63) is 639 Å². The zero-order valence-corrected chi connectivity index (χ0v) is 79.5. The molecular weight excluding hydrogens is 1730 g/mol. The molecule has 0 N–H and O–H groups in total. The molecule has 2 aliphatic carbocycles. The first-order valence-corrected chi connectivity index (χ1v) is 49.8. The third kappa shape index (κ3) is 16.0. The molecule has 26 rings (SSSR count). The molecule has 0 aliphatic heterocycles. The fourth-order valence-electron chi connectivity index (χ4n) is 22.6. The SMILES string of the molecule is c1ccc(-c2ccc(-c3ccc(N(c4ccc(-c5ccc(-c6ccccc6)cc5)cc4)c4cc5c(cc4-c4ccc6ccccc6c4)-c4ccccc4C5(c4ccccc4)c4ccccc4)cc3)cc2)cc1.c1ccc(-c2ccc(-c3ccc(N(c4ccc(-c5ccc(-c6ccccc6)cc5)cc4)c4cc5c(cc4-c4cccc6ccccc46)-c4ccccc4C5(c4ccccc4)c4ccccc4)cc3)cc2)cc1. The summed E-state index contributed by atoms with van der Waals surface area (Å²) >= 11 is 0. The van der Waals surface area contributed by atoms with E-state index in [1.54, 1.807) is 0 Å². The van der Waals surface area contributed by atoms with Gasteiger partial charge in [-0.25, -0.2) is 0 Å². The van der Waals surface area contributed by atoms with Gasteiger partial charge in [-0.15, -0.1) is 0 Å². The Balaban J connectivity index is 0.000000151. The number of fused-ring (bicyclic) bond motifs is 8. The maximum atomic E-state index is 2.53. The van der Waals surface area contributed by atoms with Crippen LogP contribution in [-0.4, -0.2) is 0 Å². The van der Waals surface area contributed by atoms with Gasteiger partial charge in [0.25, 0.3) is 0 Å². The maximum Gasteiger partial charge on any atom is 0.0714 e. The van der Waals surface area contributed by atoms with Crippen molar-refractivity contribution in [3.8, 4) is 134 Å². The quantitative estimate of drug-likeness (QED) is 0.0750. The highest BCUT2D eigenvalue weighted by atomic mass is 15.2. The monoisotopic (exact) mass is 1830 g/mol. The highest BCUT2D eigenvalue weighted by molar-refractivity contribution is 6.06. The zero-order chi connectivity index (χ0) is 95.7. The van der Waals surface area contributed by atoms with E-state index in [0.29, 0.717) is 0 Å². The van der Waals surface area contributed by atoms with Crippen molar-refractivity contribution >= 4 is 55.7 Å². The standard InChI is InChI=1S/2C71H49N/c1-5-18-50(19-6-1)52-32-36-54(37-33-52)56-40-44-61(45-41-56)72(62-46-42-57(43-47-62)55-38-34-53(35-39-55)51-20-7-2-8-21-51)70-49-69-66(48-67(70)64-30-17-23-58-22-13-14-28-63(58)64)65-29-15-16-31-68(65)71(69,59-24-9-3-10-25-59)60-26-11-4-12-27-60;1-5-17-50(18-6-1)53-29-33-55(34-30-53)57-39-43-63(44-40-57)72(64-45-41-58(42-46-64)56-35-31-54(32-36-56)51-19-7-2-8-20-51)70-49-69-67(48-66(70)60-38-37-52-21-13-14-22-59(52)47-60)65-27-15-16-28-68(65)71(69,61-23-9-3-10-24-61)62-25-11-4-12-26-62/h2*1-49H. The Hall–Kier alpha value is -18.6. The number of rotatable bonds is 20. The first-order chi connectivity index (χ1) is 71.4. The molecule has 0 aromatic heterocycles. The topological polar surface area (TPSA) is 6.48 Å². The second-order valence-corrected chi connectivity index (χ2v) is 37.6. The molecule has 0 atom stereocenters. The molecule has 0 unspecified atom stereocenters. The normalized spacial score (nSPS) is 12.3. The Morgan fingerprint density at radius 3 is 0.674 bits per heavy atom. The third-order valence-corrected chi connectivity index (χ3v) is 29.6. The van der Waals surface area contributed by atoms with E-state index in [0.717, 1.165) is 45.3 Å². The Bertz CT molecular complexity index is 8380. The first-order valence-electron chi connectivity index (χ1n) is 49.8. The van der Waals surface area contributed by atoms with E-state index in [2.05, 4.69) is 604 Å². The molecule has 0 saturated carbocycles. The second-order valence-electron chi connectivity index (χ2n) is 37.6. The summed E-state index contributed by atoms with van der Waals surface area (Å²) in [6.45, 7) is 0. The van der Waals surface area contributed by atoms with Crippen molar-refractivity contribution < 1.29 is 0 Å². The molecular formula is C142H98N2. The minimum Gasteiger partial charge on any atom is -0.310 e. The van der Waals surface area contributed by atoms with Crippen molar-refractivity contribution in [2.75, 3.05) is 9.80 Å². The van der Waals surface area contributed by atoms with E-state index in [4.69, 9.17) is 0 Å². The van der Waals surface area contributed by atoms with Gasteiger partial charge in [-0.05, 0) is 267 Å². The zero-order valence-electron chi connectivity index (χ0n) is 79.5. The van der Waals surface area contributed by atoms with Crippen LogP contribution < -0.4 is 9.80 Å². The fourth-order valence-corrected chi connectivity index (χ4v) is 22.6. The van der Waals surface area contributed by atoms with Gasteiger partial charge in [0.15, 0.2) is 0 Å². The second kappa shape index (κ2) is 38.0. The summed E-state index contributed by atoms with van der Waals surface area (Å²) in [7, 11) is 0. The summed E-state index contributed by atoms with van der Waals surface area (Å²) < 4.78 is 0. The fraction of sp³-hybridized carbons (Fsp3) is 0.0141. The minimum absolute atomic E-state index is 0.581. The van der Waals surface area contributed by atoms with Crippen LogP contribution in [0.4, 0.5) is 34.1 Å². The lowest BCUT2D eigenvalue weighted by Crippen LogP contribution is -2.28. The smallest absolute Gasteiger partial charge is 0.0714 e. The van der Waals surface area contributed by atoms with Crippen molar-refractivity contribution in [2.24, 2.45) is 0 Å². The summed E-state index contributed by atoms with van der Waals surface area (Å²) in [4.78, 5) is 4.98. The van der Waals surface area contributed by atoms with E-state index < -0.39 is 10.8 Å². The summed E-state index contributed by atoms with van der Waals surface area (Å²) in [5.41, 5.74) is 44.1. The molecule has 0 heterocycles. The number of benzene rings is 24. The van der Waals surface area contributed by atoms with E-state index in [-0.39, 0.29) is 0 Å². The molecule has 0 fully saturated rings. The lowest BCUT2D eigenvalue weighted by Gasteiger charge is -2.35. The van der Waals surface area contributed by atoms with Crippen molar-refractivity contribution in [1.29, 1.82) is 0 Å². The molecule has 0 radical (unpaired) electrons. The van der Waals surface area contributed by atoms with Crippen LogP contribution in [0, 0.1) is 0 Å². The largest absolute Gasteiger partial charge is 0.310 e. The van der Waals surface area contributed by atoms with Gasteiger partial charge in [-0.3, -0.25) is 0 Å². The Morgan fingerprint density at radius 1 is 0.118 bits per heavy atom. The third-order valence-electron chi connectivity index (χ3n) is 29.6. The lowest BCUT2D eigenvalue weighted by molar-refractivity contribution is 0.768. The molecule has 0 amide bonds. The molecule has 24 aromatic rings. The number of anilines is 6. The van der Waals surface area contributed by atoms with Crippen LogP contribution in [0.3, 0.4) is 0 Å². The average Bonchev–Trinajstić information content (AvgIpc) is 1.53. The van der Waals surface area contributed by atoms with Gasteiger partial charge in [-0.1, -0.05) is 516 Å². The molecule has 676 valence electrons. The van der Waals surface area contributed by atoms with E-state index in [1.165, 1.54) is 188 Å². The number of hydrogen-bond donors (Lipinski definition) is 0. The molecule has 0 saturated heterocycles. The first kappa shape index (κ1) is 86.9. The predicted octanol–water partition coefficient (Wildman–Crippen LogP) is 38.0. The Kier molecular flexibility index (Phi) is 22.9. The van der Waals surface area contributed by atoms with Crippen LogP contribution in [0.2, 0.25) is 0 Å². The number of nitrogens with zero attached hydrogens (tertiary/aromatic N) is 2. The van der Waals surface area contributed by atoms with Crippen LogP contribution in [-0.2, 0) is 10.8 Å².